The van der Waals surface area contributed by atoms with E-state index in [0.29, 0.717) is 6.10 Å². The fraction of sp³-hybridized carbons (Fsp3) is 0.318. The Labute approximate surface area is 179 Å². The lowest BCUT2D eigenvalue weighted by molar-refractivity contribution is 0.107. The molecule has 0 spiro atoms. The van der Waals surface area contributed by atoms with E-state index in [1.165, 1.54) is 5.56 Å². The summed E-state index contributed by atoms with van der Waals surface area (Å²) < 4.78 is 6.60. The van der Waals surface area contributed by atoms with Crippen molar-refractivity contribution in [2.75, 3.05) is 25.5 Å². The number of likely N-dealkylation sites (tertiary alicyclic amines) is 1. The van der Waals surface area contributed by atoms with E-state index in [2.05, 4.69) is 55.7 Å². The summed E-state index contributed by atoms with van der Waals surface area (Å²) in [5.74, 6) is 0.819. The highest BCUT2D eigenvalue weighted by Crippen LogP contribution is 2.32. The van der Waals surface area contributed by atoms with Crippen LogP contribution in [0.15, 0.2) is 42.7 Å². The van der Waals surface area contributed by atoms with Gasteiger partial charge in [-0.1, -0.05) is 17.4 Å². The molecule has 2 N–H and O–H groups in total. The monoisotopic (exact) mass is 420 g/mol. The summed E-state index contributed by atoms with van der Waals surface area (Å²) >= 11 is 1.63. The Kier molecular flexibility index (Phi) is 5.20. The molecule has 7 nitrogen and oxygen atoms in total. The van der Waals surface area contributed by atoms with Crippen molar-refractivity contribution in [3.8, 4) is 11.1 Å². The summed E-state index contributed by atoms with van der Waals surface area (Å²) in [6.45, 7) is 4.99. The molecule has 1 fully saturated rings. The van der Waals surface area contributed by atoms with Crippen molar-refractivity contribution >= 4 is 32.5 Å². The van der Waals surface area contributed by atoms with Crippen LogP contribution in [0, 0.1) is 6.92 Å². The van der Waals surface area contributed by atoms with Gasteiger partial charge in [0.15, 0.2) is 5.13 Å². The van der Waals surface area contributed by atoms with Gasteiger partial charge in [0.05, 0.1) is 22.5 Å². The van der Waals surface area contributed by atoms with Gasteiger partial charge >= 0.3 is 0 Å². The highest BCUT2D eigenvalue weighted by Gasteiger charge is 2.22. The van der Waals surface area contributed by atoms with Gasteiger partial charge < -0.3 is 10.1 Å². The summed E-state index contributed by atoms with van der Waals surface area (Å²) in [4.78, 5) is 11.6. The van der Waals surface area contributed by atoms with Crippen LogP contribution in [0.5, 0.6) is 0 Å². The van der Waals surface area contributed by atoms with E-state index < -0.39 is 0 Å². The number of aromatic nitrogens is 4. The summed E-state index contributed by atoms with van der Waals surface area (Å²) in [6, 6.07) is 10.5. The maximum absolute atomic E-state index is 5.47. The smallest absolute Gasteiger partial charge is 0.189 e. The van der Waals surface area contributed by atoms with Crippen molar-refractivity contribution in [2.24, 2.45) is 0 Å². The number of nitrogens with one attached hydrogen (secondary N) is 2. The van der Waals surface area contributed by atoms with Gasteiger partial charge in [0.1, 0.15) is 5.82 Å². The number of benzene rings is 1. The van der Waals surface area contributed by atoms with Crippen molar-refractivity contribution in [1.29, 1.82) is 0 Å². The summed E-state index contributed by atoms with van der Waals surface area (Å²) in [5.41, 5.74) is 5.54. The molecule has 0 radical (unpaired) electrons. The maximum Gasteiger partial charge on any atom is 0.189 e. The number of aromatic amines is 1. The SMILES string of the molecule is COC1CCN(Cc2ccnc(Nc3nc4ccc(-c5cn[nH]c5C)cc4s3)c2)C1. The maximum atomic E-state index is 5.47. The van der Waals surface area contributed by atoms with Gasteiger partial charge in [-0.15, -0.1) is 0 Å². The number of thiazole rings is 1. The zero-order valence-corrected chi connectivity index (χ0v) is 17.9. The molecule has 0 aliphatic carbocycles. The highest BCUT2D eigenvalue weighted by molar-refractivity contribution is 7.22. The van der Waals surface area contributed by atoms with Crippen LogP contribution in [0.25, 0.3) is 21.3 Å². The lowest BCUT2D eigenvalue weighted by Gasteiger charge is -2.16. The van der Waals surface area contributed by atoms with Crippen LogP contribution in [0.4, 0.5) is 10.9 Å². The number of rotatable bonds is 6. The second kappa shape index (κ2) is 8.14. The third-order valence-corrected chi connectivity index (χ3v) is 6.49. The van der Waals surface area contributed by atoms with Crippen LogP contribution in [-0.4, -0.2) is 51.4 Å². The second-order valence-electron chi connectivity index (χ2n) is 7.67. The molecule has 1 aliphatic rings. The van der Waals surface area contributed by atoms with Gasteiger partial charge in [-0.05, 0) is 48.7 Å². The standard InChI is InChI=1S/C22H24N6OS/c1-14-18(11-24-27-14)16-3-4-19-20(10-16)30-22(25-19)26-21-9-15(5-7-23-21)12-28-8-6-17(13-28)29-2/h3-5,7,9-11,17H,6,8,12-13H2,1-2H3,(H,24,27)(H,23,25,26). The molecule has 5 rings (SSSR count). The topological polar surface area (TPSA) is 79.0 Å². The predicted octanol–water partition coefficient (Wildman–Crippen LogP) is 4.35. The summed E-state index contributed by atoms with van der Waals surface area (Å²) in [7, 11) is 1.79. The lowest BCUT2D eigenvalue weighted by Crippen LogP contribution is -2.22. The number of aryl methyl sites for hydroxylation is 1. The van der Waals surface area contributed by atoms with Crippen molar-refractivity contribution in [1.82, 2.24) is 25.1 Å². The van der Waals surface area contributed by atoms with Crippen LogP contribution < -0.4 is 5.32 Å². The third kappa shape index (κ3) is 3.94. The highest BCUT2D eigenvalue weighted by atomic mass is 32.1. The molecule has 0 saturated carbocycles. The number of anilines is 2. The number of H-pyrrole nitrogens is 1. The number of ether oxygens (including phenoxy) is 1. The Morgan fingerprint density at radius 1 is 1.30 bits per heavy atom. The van der Waals surface area contributed by atoms with Gasteiger partial charge in [-0.2, -0.15) is 5.10 Å². The molecule has 8 heteroatoms. The molecule has 4 heterocycles. The first-order chi connectivity index (χ1) is 14.7. The van der Waals surface area contributed by atoms with Crippen molar-refractivity contribution in [3.05, 3.63) is 54.0 Å². The minimum absolute atomic E-state index is 0.350. The van der Waals surface area contributed by atoms with E-state index in [4.69, 9.17) is 9.72 Å². The molecule has 1 aromatic carbocycles. The normalized spacial score (nSPS) is 17.1. The Morgan fingerprint density at radius 2 is 2.23 bits per heavy atom. The van der Waals surface area contributed by atoms with Crippen LogP contribution in [0.1, 0.15) is 17.7 Å². The first-order valence-corrected chi connectivity index (χ1v) is 10.9. The molecular formula is C22H24N6OS. The number of hydrogen-bond donors (Lipinski definition) is 2. The van der Waals surface area contributed by atoms with Crippen molar-refractivity contribution in [3.63, 3.8) is 0 Å². The van der Waals surface area contributed by atoms with Crippen molar-refractivity contribution < 1.29 is 4.74 Å². The van der Waals surface area contributed by atoms with E-state index in [1.807, 2.05) is 19.3 Å². The Bertz CT molecular complexity index is 1170. The van der Waals surface area contributed by atoms with E-state index in [-0.39, 0.29) is 0 Å². The van der Waals surface area contributed by atoms with E-state index in [9.17, 15) is 0 Å². The van der Waals surface area contributed by atoms with Crippen molar-refractivity contribution in [2.45, 2.75) is 26.0 Å². The minimum Gasteiger partial charge on any atom is -0.380 e. The molecule has 4 aromatic rings. The number of nitrogens with zero attached hydrogens (tertiary/aromatic N) is 4. The zero-order valence-electron chi connectivity index (χ0n) is 17.1. The molecule has 0 amide bonds. The van der Waals surface area contributed by atoms with Gasteiger partial charge in [-0.3, -0.25) is 10.00 Å². The molecule has 0 bridgehead atoms. The number of methoxy groups -OCH3 is 1. The average Bonchev–Trinajstić information content (AvgIpc) is 3.47. The Balaban J connectivity index is 1.32. The quantitative estimate of drug-likeness (QED) is 0.483. The van der Waals surface area contributed by atoms with Crippen LogP contribution in [0.2, 0.25) is 0 Å². The second-order valence-corrected chi connectivity index (χ2v) is 8.70. The van der Waals surface area contributed by atoms with Crippen LogP contribution >= 0.6 is 11.3 Å². The van der Waals surface area contributed by atoms with Gasteiger partial charge in [0, 0.05) is 44.2 Å². The number of pyridine rings is 1. The lowest BCUT2D eigenvalue weighted by atomic mass is 10.1. The first kappa shape index (κ1) is 19.2. The Morgan fingerprint density at radius 3 is 3.03 bits per heavy atom. The molecular weight excluding hydrogens is 396 g/mol. The van der Waals surface area contributed by atoms with Crippen LogP contribution in [-0.2, 0) is 11.3 Å². The molecule has 3 aromatic heterocycles. The Hall–Kier alpha value is -2.81. The molecule has 154 valence electrons. The number of fused-ring (bicyclic) bond motifs is 1. The summed E-state index contributed by atoms with van der Waals surface area (Å²) in [5, 5.41) is 11.3. The molecule has 1 aliphatic heterocycles. The fourth-order valence-corrected chi connectivity index (χ4v) is 4.84. The minimum atomic E-state index is 0.350. The first-order valence-electron chi connectivity index (χ1n) is 10.1. The fourth-order valence-electron chi connectivity index (χ4n) is 3.93. The zero-order chi connectivity index (χ0) is 20.5. The third-order valence-electron chi connectivity index (χ3n) is 5.56. The van der Waals surface area contributed by atoms with Gasteiger partial charge in [0.2, 0.25) is 0 Å². The average molecular weight is 421 g/mol. The van der Waals surface area contributed by atoms with E-state index >= 15 is 0 Å². The largest absolute Gasteiger partial charge is 0.380 e. The molecule has 1 atom stereocenters. The summed E-state index contributed by atoms with van der Waals surface area (Å²) in [6.07, 6.45) is 5.16. The van der Waals surface area contributed by atoms with E-state index in [0.717, 1.165) is 64.0 Å². The molecule has 1 unspecified atom stereocenters. The molecule has 30 heavy (non-hydrogen) atoms. The predicted molar refractivity (Wildman–Crippen MR) is 120 cm³/mol. The number of hydrogen-bond acceptors (Lipinski definition) is 7. The van der Waals surface area contributed by atoms with Gasteiger partial charge in [0.25, 0.3) is 0 Å². The van der Waals surface area contributed by atoms with Crippen LogP contribution in [0.3, 0.4) is 0 Å². The van der Waals surface area contributed by atoms with E-state index in [1.54, 1.807) is 18.4 Å². The molecule has 1 saturated heterocycles. The van der Waals surface area contributed by atoms with Gasteiger partial charge in [-0.25, -0.2) is 9.97 Å².